The average Bonchev–Trinajstić information content (AvgIpc) is 2.65. The molecule has 106 valence electrons. The lowest BCUT2D eigenvalue weighted by molar-refractivity contribution is 0.0544. The summed E-state index contributed by atoms with van der Waals surface area (Å²) in [6.07, 6.45) is 0.787. The first kappa shape index (κ1) is 14.4. The van der Waals surface area contributed by atoms with E-state index in [1.54, 1.807) is 39.0 Å². The van der Waals surface area contributed by atoms with E-state index >= 15 is 0 Å². The van der Waals surface area contributed by atoms with Crippen LogP contribution in [-0.4, -0.2) is 22.2 Å². The standard InChI is InChI=1S/C14H15ClN2O3/c1-14(2,3)20-13(19)17-7-10(12(16)18)9-5-4-8(15)6-11(9)17/h4-7H,1-3H3,(H2,16,18). The molecule has 20 heavy (non-hydrogen) atoms. The van der Waals surface area contributed by atoms with Gasteiger partial charge in [-0.05, 0) is 32.9 Å². The number of nitrogens with two attached hydrogens (primary N) is 1. The number of nitrogens with zero attached hydrogens (tertiary/aromatic N) is 1. The van der Waals surface area contributed by atoms with Crippen molar-refractivity contribution in [3.05, 3.63) is 35.0 Å². The second-order valence-corrected chi connectivity index (χ2v) is 5.86. The third-order valence-electron chi connectivity index (χ3n) is 2.62. The number of ether oxygens (including phenoxy) is 1. The van der Waals surface area contributed by atoms with Crippen molar-refractivity contribution in [2.75, 3.05) is 0 Å². The second-order valence-electron chi connectivity index (χ2n) is 5.42. The monoisotopic (exact) mass is 294 g/mol. The number of halogens is 1. The van der Waals surface area contributed by atoms with Gasteiger partial charge in [0.1, 0.15) is 5.60 Å². The van der Waals surface area contributed by atoms with Crippen molar-refractivity contribution in [3.63, 3.8) is 0 Å². The lowest BCUT2D eigenvalue weighted by Crippen LogP contribution is -2.26. The van der Waals surface area contributed by atoms with Crippen LogP contribution in [0.5, 0.6) is 0 Å². The Hall–Kier alpha value is -2.01. The summed E-state index contributed by atoms with van der Waals surface area (Å²) in [7, 11) is 0. The highest BCUT2D eigenvalue weighted by Gasteiger charge is 2.22. The zero-order valence-electron chi connectivity index (χ0n) is 11.4. The van der Waals surface area contributed by atoms with Crippen LogP contribution in [0, 0.1) is 0 Å². The molecule has 0 saturated heterocycles. The molecule has 0 aliphatic carbocycles. The first-order valence-corrected chi connectivity index (χ1v) is 6.40. The van der Waals surface area contributed by atoms with Gasteiger partial charge in [-0.2, -0.15) is 0 Å². The number of amides is 1. The van der Waals surface area contributed by atoms with Gasteiger partial charge < -0.3 is 10.5 Å². The number of aromatic nitrogens is 1. The Balaban J connectivity index is 2.61. The number of carbonyl (C=O) groups excluding carboxylic acids is 2. The van der Waals surface area contributed by atoms with E-state index in [-0.39, 0.29) is 5.56 Å². The van der Waals surface area contributed by atoms with Crippen molar-refractivity contribution in [2.24, 2.45) is 5.73 Å². The lowest BCUT2D eigenvalue weighted by Gasteiger charge is -2.19. The number of hydrogen-bond donors (Lipinski definition) is 1. The predicted octanol–water partition coefficient (Wildman–Crippen LogP) is 3.18. The van der Waals surface area contributed by atoms with Gasteiger partial charge in [-0.3, -0.25) is 9.36 Å². The number of hydrogen-bond acceptors (Lipinski definition) is 3. The van der Waals surface area contributed by atoms with E-state index in [1.807, 2.05) is 0 Å². The summed E-state index contributed by atoms with van der Waals surface area (Å²) in [6.45, 7) is 5.29. The lowest BCUT2D eigenvalue weighted by atomic mass is 10.2. The predicted molar refractivity (Wildman–Crippen MR) is 77.1 cm³/mol. The van der Waals surface area contributed by atoms with E-state index in [9.17, 15) is 9.59 Å². The maximum absolute atomic E-state index is 12.2. The van der Waals surface area contributed by atoms with Crippen LogP contribution in [0.25, 0.3) is 10.9 Å². The maximum atomic E-state index is 12.2. The van der Waals surface area contributed by atoms with Crippen molar-refractivity contribution >= 4 is 34.5 Å². The fourth-order valence-electron chi connectivity index (χ4n) is 1.86. The third kappa shape index (κ3) is 2.77. The fraction of sp³-hybridized carbons (Fsp3) is 0.286. The molecule has 0 aliphatic rings. The Morgan fingerprint density at radius 3 is 2.50 bits per heavy atom. The van der Waals surface area contributed by atoms with E-state index < -0.39 is 17.6 Å². The SMILES string of the molecule is CC(C)(C)OC(=O)n1cc(C(N)=O)c2ccc(Cl)cc21. The minimum atomic E-state index is -0.640. The van der Waals surface area contributed by atoms with Gasteiger partial charge in [-0.15, -0.1) is 0 Å². The van der Waals surface area contributed by atoms with E-state index in [1.165, 1.54) is 10.8 Å². The number of carbonyl (C=O) groups is 2. The molecule has 2 rings (SSSR count). The van der Waals surface area contributed by atoms with E-state index in [0.717, 1.165) is 0 Å². The van der Waals surface area contributed by atoms with Crippen LogP contribution in [0.3, 0.4) is 0 Å². The van der Waals surface area contributed by atoms with Crippen molar-refractivity contribution in [2.45, 2.75) is 26.4 Å². The molecule has 1 aromatic carbocycles. The summed E-state index contributed by atoms with van der Waals surface area (Å²) in [4.78, 5) is 23.6. The molecule has 2 N–H and O–H groups in total. The highest BCUT2D eigenvalue weighted by molar-refractivity contribution is 6.31. The summed E-state index contributed by atoms with van der Waals surface area (Å²) < 4.78 is 6.54. The normalized spacial score (nSPS) is 11.6. The molecule has 0 bridgehead atoms. The minimum Gasteiger partial charge on any atom is -0.443 e. The molecule has 5 nitrogen and oxygen atoms in total. The molecule has 1 aromatic heterocycles. The van der Waals surface area contributed by atoms with Gasteiger partial charge in [0, 0.05) is 16.6 Å². The second kappa shape index (κ2) is 4.83. The zero-order valence-corrected chi connectivity index (χ0v) is 12.2. The Bertz CT molecular complexity index is 698. The molecule has 1 heterocycles. The number of fused-ring (bicyclic) bond motifs is 1. The number of benzene rings is 1. The van der Waals surface area contributed by atoms with Gasteiger partial charge >= 0.3 is 6.09 Å². The smallest absolute Gasteiger partial charge is 0.419 e. The molecule has 6 heteroatoms. The third-order valence-corrected chi connectivity index (χ3v) is 2.86. The Morgan fingerprint density at radius 2 is 1.95 bits per heavy atom. The van der Waals surface area contributed by atoms with E-state index in [2.05, 4.69) is 0 Å². The van der Waals surface area contributed by atoms with Crippen molar-refractivity contribution in [3.8, 4) is 0 Å². The molecule has 0 saturated carbocycles. The minimum absolute atomic E-state index is 0.252. The number of primary amides is 1. The molecule has 0 aliphatic heterocycles. The number of rotatable bonds is 1. The molecule has 2 aromatic rings. The highest BCUT2D eigenvalue weighted by Crippen LogP contribution is 2.25. The van der Waals surface area contributed by atoms with Gasteiger partial charge in [0.25, 0.3) is 5.91 Å². The molecular formula is C14H15ClN2O3. The van der Waals surface area contributed by atoms with Crippen LogP contribution in [0.15, 0.2) is 24.4 Å². The van der Waals surface area contributed by atoms with Gasteiger partial charge in [-0.25, -0.2) is 4.79 Å². The quantitative estimate of drug-likeness (QED) is 0.878. The molecule has 0 radical (unpaired) electrons. The summed E-state index contributed by atoms with van der Waals surface area (Å²) in [5.74, 6) is -0.611. The van der Waals surface area contributed by atoms with Crippen LogP contribution in [0.4, 0.5) is 4.79 Å². The van der Waals surface area contributed by atoms with Crippen molar-refractivity contribution in [1.82, 2.24) is 4.57 Å². The Labute approximate surface area is 121 Å². The summed E-state index contributed by atoms with van der Waals surface area (Å²) >= 11 is 5.94. The van der Waals surface area contributed by atoms with Crippen LogP contribution in [0.2, 0.25) is 5.02 Å². The summed E-state index contributed by atoms with van der Waals surface area (Å²) in [5.41, 5.74) is 5.42. The van der Waals surface area contributed by atoms with E-state index in [4.69, 9.17) is 22.1 Å². The van der Waals surface area contributed by atoms with Crippen molar-refractivity contribution < 1.29 is 14.3 Å². The molecule has 0 unspecified atom stereocenters. The summed E-state index contributed by atoms with van der Waals surface area (Å²) in [5, 5.41) is 1.02. The van der Waals surface area contributed by atoms with Gasteiger partial charge in [0.05, 0.1) is 11.1 Å². The van der Waals surface area contributed by atoms with Crippen LogP contribution in [0.1, 0.15) is 31.1 Å². The molecule has 0 spiro atoms. The Kier molecular flexibility index (Phi) is 3.48. The first-order chi connectivity index (χ1) is 9.19. The highest BCUT2D eigenvalue weighted by atomic mass is 35.5. The van der Waals surface area contributed by atoms with Crippen molar-refractivity contribution in [1.29, 1.82) is 0 Å². The van der Waals surface area contributed by atoms with E-state index in [0.29, 0.717) is 15.9 Å². The van der Waals surface area contributed by atoms with Crippen LogP contribution < -0.4 is 5.73 Å². The Morgan fingerprint density at radius 1 is 1.30 bits per heavy atom. The first-order valence-electron chi connectivity index (χ1n) is 6.03. The van der Waals surface area contributed by atoms with Crippen LogP contribution >= 0.6 is 11.6 Å². The zero-order chi connectivity index (χ0) is 15.1. The van der Waals surface area contributed by atoms with Crippen LogP contribution in [-0.2, 0) is 4.74 Å². The average molecular weight is 295 g/mol. The van der Waals surface area contributed by atoms with Gasteiger partial charge in [0.2, 0.25) is 0 Å². The molecule has 1 amide bonds. The maximum Gasteiger partial charge on any atom is 0.419 e. The fourth-order valence-corrected chi connectivity index (χ4v) is 2.02. The topological polar surface area (TPSA) is 74.3 Å². The summed E-state index contributed by atoms with van der Waals surface area (Å²) in [6, 6.07) is 4.88. The van der Waals surface area contributed by atoms with Gasteiger partial charge in [0.15, 0.2) is 0 Å². The largest absolute Gasteiger partial charge is 0.443 e. The molecular weight excluding hydrogens is 280 g/mol. The molecule has 0 atom stereocenters. The van der Waals surface area contributed by atoms with Gasteiger partial charge in [-0.1, -0.05) is 17.7 Å². The molecule has 0 fully saturated rings.